The molecule has 0 rings (SSSR count). The van der Waals surface area contributed by atoms with Gasteiger partial charge in [-0.2, -0.15) is 0 Å². The summed E-state index contributed by atoms with van der Waals surface area (Å²) in [5.41, 5.74) is 5.39. The molecule has 0 saturated carbocycles. The molecule has 3 N–H and O–H groups in total. The summed E-state index contributed by atoms with van der Waals surface area (Å²) >= 11 is 0. The van der Waals surface area contributed by atoms with Gasteiger partial charge in [0.2, 0.25) is 0 Å². The first-order valence-corrected chi connectivity index (χ1v) is 7.88. The van der Waals surface area contributed by atoms with Crippen molar-refractivity contribution in [2.24, 2.45) is 11.7 Å². The third kappa shape index (κ3) is 14.0. The van der Waals surface area contributed by atoms with E-state index in [1.807, 2.05) is 0 Å². The van der Waals surface area contributed by atoms with Crippen molar-refractivity contribution in [3.63, 3.8) is 0 Å². The van der Waals surface area contributed by atoms with Crippen molar-refractivity contribution in [1.29, 1.82) is 0 Å². The fourth-order valence-electron chi connectivity index (χ4n) is 1.77. The minimum Gasteiger partial charge on any atom is -0.481 e. The smallest absolute Gasteiger partial charge is 0.306 e. The van der Waals surface area contributed by atoms with Crippen LogP contribution < -0.4 is 5.73 Å². The molecule has 21 heavy (non-hydrogen) atoms. The first kappa shape index (κ1) is 20.3. The molecule has 0 aliphatic heterocycles. The van der Waals surface area contributed by atoms with Crippen molar-refractivity contribution < 1.29 is 24.1 Å². The second kappa shape index (κ2) is 15.7. The lowest BCUT2D eigenvalue weighted by molar-refractivity contribution is -0.142. The SMILES string of the molecule is CCCCOCCOCCOCCC(CCCN)C(=O)O. The van der Waals surface area contributed by atoms with Crippen LogP contribution in [0, 0.1) is 5.92 Å². The molecule has 6 nitrogen and oxygen atoms in total. The average molecular weight is 305 g/mol. The zero-order valence-electron chi connectivity index (χ0n) is 13.2. The van der Waals surface area contributed by atoms with E-state index in [0.29, 0.717) is 52.4 Å². The molecule has 0 aromatic heterocycles. The average Bonchev–Trinajstić information content (AvgIpc) is 2.47. The van der Waals surface area contributed by atoms with Gasteiger partial charge in [0.05, 0.1) is 32.3 Å². The van der Waals surface area contributed by atoms with E-state index in [4.69, 9.17) is 25.1 Å². The maximum Gasteiger partial charge on any atom is 0.306 e. The number of carbonyl (C=O) groups is 1. The molecule has 0 aliphatic carbocycles. The summed E-state index contributed by atoms with van der Waals surface area (Å²) in [6.07, 6.45) is 4.09. The maximum absolute atomic E-state index is 11.0. The van der Waals surface area contributed by atoms with Crippen LogP contribution in [0.25, 0.3) is 0 Å². The van der Waals surface area contributed by atoms with Crippen molar-refractivity contribution >= 4 is 5.97 Å². The van der Waals surface area contributed by atoms with Crippen LogP contribution in [0.2, 0.25) is 0 Å². The van der Waals surface area contributed by atoms with E-state index in [2.05, 4.69) is 6.92 Å². The molecule has 0 aromatic carbocycles. The number of rotatable bonds is 16. The molecular weight excluding hydrogens is 274 g/mol. The summed E-state index contributed by atoms with van der Waals surface area (Å²) < 4.78 is 16.1. The van der Waals surface area contributed by atoms with Crippen LogP contribution >= 0.6 is 0 Å². The highest BCUT2D eigenvalue weighted by Gasteiger charge is 2.16. The molecule has 126 valence electrons. The molecule has 0 heterocycles. The lowest BCUT2D eigenvalue weighted by Gasteiger charge is -2.12. The molecule has 0 aliphatic rings. The number of hydrogen-bond acceptors (Lipinski definition) is 5. The fourth-order valence-corrected chi connectivity index (χ4v) is 1.77. The molecular formula is C15H31NO5. The maximum atomic E-state index is 11.0. The van der Waals surface area contributed by atoms with Gasteiger partial charge < -0.3 is 25.1 Å². The quantitative estimate of drug-likeness (QED) is 0.421. The van der Waals surface area contributed by atoms with Gasteiger partial charge in [-0.1, -0.05) is 13.3 Å². The summed E-state index contributed by atoms with van der Waals surface area (Å²) in [4.78, 5) is 11.0. The number of carboxylic acid groups (broad SMARTS) is 1. The summed E-state index contributed by atoms with van der Waals surface area (Å²) in [7, 11) is 0. The van der Waals surface area contributed by atoms with Crippen LogP contribution in [-0.4, -0.2) is 57.3 Å². The largest absolute Gasteiger partial charge is 0.481 e. The third-order valence-electron chi connectivity index (χ3n) is 3.10. The van der Waals surface area contributed by atoms with Gasteiger partial charge in [-0.3, -0.25) is 4.79 Å². The zero-order chi connectivity index (χ0) is 15.8. The number of aliphatic carboxylic acids is 1. The summed E-state index contributed by atoms with van der Waals surface area (Å²) in [5.74, 6) is -1.13. The Morgan fingerprint density at radius 2 is 1.52 bits per heavy atom. The van der Waals surface area contributed by atoms with E-state index in [-0.39, 0.29) is 5.92 Å². The predicted octanol–water partition coefficient (Wildman–Crippen LogP) is 1.67. The Morgan fingerprint density at radius 3 is 2.05 bits per heavy atom. The molecule has 0 aromatic rings. The monoisotopic (exact) mass is 305 g/mol. The number of carboxylic acids is 1. The molecule has 0 saturated heterocycles. The van der Waals surface area contributed by atoms with Crippen LogP contribution in [0.3, 0.4) is 0 Å². The highest BCUT2D eigenvalue weighted by Crippen LogP contribution is 2.11. The molecule has 6 heteroatoms. The van der Waals surface area contributed by atoms with Crippen molar-refractivity contribution in [2.45, 2.75) is 39.0 Å². The van der Waals surface area contributed by atoms with Gasteiger partial charge in [0.25, 0.3) is 0 Å². The summed E-state index contributed by atoms with van der Waals surface area (Å²) in [6.45, 7) is 6.06. The number of ether oxygens (including phenoxy) is 3. The molecule has 0 bridgehead atoms. The van der Waals surface area contributed by atoms with E-state index in [1.165, 1.54) is 0 Å². The van der Waals surface area contributed by atoms with Gasteiger partial charge in [0.1, 0.15) is 0 Å². The van der Waals surface area contributed by atoms with Crippen LogP contribution in [0.5, 0.6) is 0 Å². The minimum atomic E-state index is -0.771. The Hall–Kier alpha value is -0.690. The van der Waals surface area contributed by atoms with Gasteiger partial charge in [0, 0.05) is 13.2 Å². The molecule has 0 fully saturated rings. The highest BCUT2D eigenvalue weighted by molar-refractivity contribution is 5.69. The zero-order valence-corrected chi connectivity index (χ0v) is 13.2. The van der Waals surface area contributed by atoms with Gasteiger partial charge in [-0.05, 0) is 32.2 Å². The van der Waals surface area contributed by atoms with E-state index < -0.39 is 5.97 Å². The standard InChI is InChI=1S/C15H31NO5/c1-2-3-8-19-10-12-21-13-11-20-9-6-14(15(17)18)5-4-7-16/h14H,2-13,16H2,1H3,(H,17,18). The van der Waals surface area contributed by atoms with Gasteiger partial charge in [0.15, 0.2) is 0 Å². The van der Waals surface area contributed by atoms with E-state index in [1.54, 1.807) is 0 Å². The highest BCUT2D eigenvalue weighted by atomic mass is 16.5. The van der Waals surface area contributed by atoms with E-state index in [0.717, 1.165) is 25.9 Å². The van der Waals surface area contributed by atoms with Crippen LogP contribution in [0.15, 0.2) is 0 Å². The number of unbranched alkanes of at least 4 members (excludes halogenated alkanes) is 1. The van der Waals surface area contributed by atoms with Crippen molar-refractivity contribution in [2.75, 3.05) is 46.2 Å². The number of nitrogens with two attached hydrogens (primary N) is 1. The normalized spacial score (nSPS) is 12.5. The second-order valence-electron chi connectivity index (χ2n) is 4.95. The first-order valence-electron chi connectivity index (χ1n) is 7.88. The van der Waals surface area contributed by atoms with E-state index in [9.17, 15) is 4.79 Å². The molecule has 1 unspecified atom stereocenters. The van der Waals surface area contributed by atoms with Crippen LogP contribution in [0.4, 0.5) is 0 Å². The van der Waals surface area contributed by atoms with Crippen molar-refractivity contribution in [1.82, 2.24) is 0 Å². The van der Waals surface area contributed by atoms with Crippen LogP contribution in [0.1, 0.15) is 39.0 Å². The van der Waals surface area contributed by atoms with Crippen LogP contribution in [-0.2, 0) is 19.0 Å². The lowest BCUT2D eigenvalue weighted by Crippen LogP contribution is -2.18. The topological polar surface area (TPSA) is 91.0 Å². The molecule has 1 atom stereocenters. The summed E-state index contributed by atoms with van der Waals surface area (Å²) in [5, 5.41) is 9.03. The van der Waals surface area contributed by atoms with Crippen molar-refractivity contribution in [3.8, 4) is 0 Å². The predicted molar refractivity (Wildman–Crippen MR) is 81.4 cm³/mol. The minimum absolute atomic E-state index is 0.360. The molecule has 0 radical (unpaired) electrons. The van der Waals surface area contributed by atoms with Gasteiger partial charge in [-0.25, -0.2) is 0 Å². The Balaban J connectivity index is 3.31. The Kier molecular flexibility index (Phi) is 15.2. The Labute approximate surface area is 127 Å². The molecule has 0 spiro atoms. The third-order valence-corrected chi connectivity index (χ3v) is 3.10. The Bertz CT molecular complexity index is 238. The number of hydrogen-bond donors (Lipinski definition) is 2. The van der Waals surface area contributed by atoms with Crippen molar-refractivity contribution in [3.05, 3.63) is 0 Å². The second-order valence-corrected chi connectivity index (χ2v) is 4.95. The van der Waals surface area contributed by atoms with E-state index >= 15 is 0 Å². The Morgan fingerprint density at radius 1 is 0.952 bits per heavy atom. The fraction of sp³-hybridized carbons (Fsp3) is 0.933. The van der Waals surface area contributed by atoms with Gasteiger partial charge >= 0.3 is 5.97 Å². The van der Waals surface area contributed by atoms with Gasteiger partial charge in [-0.15, -0.1) is 0 Å². The summed E-state index contributed by atoms with van der Waals surface area (Å²) in [6, 6.07) is 0. The first-order chi connectivity index (χ1) is 10.2. The lowest BCUT2D eigenvalue weighted by atomic mass is 10.0. The molecule has 0 amide bonds.